The van der Waals surface area contributed by atoms with E-state index in [0.29, 0.717) is 37.0 Å². The maximum absolute atomic E-state index is 12.4. The standard InChI is InChI=1S/C17H21N3O7S/c1-11(2)17-19-15(27-20-17)10-26-16(21)9-18-28(22,23)12-4-5-13-14(8-12)25-7-3-6-24-13/h4-5,8,11,18H,3,6-7,9-10H2,1-2H3. The summed E-state index contributed by atoms with van der Waals surface area (Å²) < 4.78 is 47.9. The van der Waals surface area contributed by atoms with Crippen LogP contribution in [0.3, 0.4) is 0 Å². The molecule has 1 aliphatic rings. The summed E-state index contributed by atoms with van der Waals surface area (Å²) >= 11 is 0. The third-order valence-corrected chi connectivity index (χ3v) is 5.19. The molecule has 0 bridgehead atoms. The van der Waals surface area contributed by atoms with E-state index in [1.165, 1.54) is 18.2 Å². The molecule has 1 aromatic heterocycles. The molecule has 152 valence electrons. The van der Waals surface area contributed by atoms with Crippen LogP contribution in [0, 0.1) is 0 Å². The van der Waals surface area contributed by atoms with Crippen molar-refractivity contribution in [2.24, 2.45) is 0 Å². The van der Waals surface area contributed by atoms with Gasteiger partial charge in [-0.25, -0.2) is 8.42 Å². The summed E-state index contributed by atoms with van der Waals surface area (Å²) in [7, 11) is -3.93. The molecule has 1 N–H and O–H groups in total. The zero-order valence-electron chi connectivity index (χ0n) is 15.5. The first-order valence-corrected chi connectivity index (χ1v) is 10.2. The monoisotopic (exact) mass is 411 g/mol. The number of fused-ring (bicyclic) bond motifs is 1. The minimum atomic E-state index is -3.93. The van der Waals surface area contributed by atoms with Gasteiger partial charge in [-0.05, 0) is 12.1 Å². The molecular formula is C17H21N3O7S. The van der Waals surface area contributed by atoms with Gasteiger partial charge in [0.1, 0.15) is 6.54 Å². The van der Waals surface area contributed by atoms with Gasteiger partial charge in [0.25, 0.3) is 5.89 Å². The first-order chi connectivity index (χ1) is 13.3. The highest BCUT2D eigenvalue weighted by Gasteiger charge is 2.20. The van der Waals surface area contributed by atoms with E-state index < -0.39 is 22.5 Å². The van der Waals surface area contributed by atoms with Gasteiger partial charge >= 0.3 is 5.97 Å². The summed E-state index contributed by atoms with van der Waals surface area (Å²) in [4.78, 5) is 15.9. The minimum Gasteiger partial charge on any atom is -0.490 e. The van der Waals surface area contributed by atoms with Crippen molar-refractivity contribution < 1.29 is 31.9 Å². The molecule has 28 heavy (non-hydrogen) atoms. The molecule has 0 fully saturated rings. The predicted octanol–water partition coefficient (Wildman–Crippen LogP) is 1.38. The van der Waals surface area contributed by atoms with Crippen molar-refractivity contribution in [1.29, 1.82) is 0 Å². The van der Waals surface area contributed by atoms with E-state index in [1.54, 1.807) is 0 Å². The molecule has 1 aliphatic heterocycles. The fraction of sp³-hybridized carbons (Fsp3) is 0.471. The summed E-state index contributed by atoms with van der Waals surface area (Å²) in [6, 6.07) is 4.27. The lowest BCUT2D eigenvalue weighted by Gasteiger charge is -2.10. The van der Waals surface area contributed by atoms with Crippen molar-refractivity contribution in [3.63, 3.8) is 0 Å². The molecule has 0 aliphatic carbocycles. The second-order valence-corrected chi connectivity index (χ2v) is 8.11. The maximum atomic E-state index is 12.4. The Morgan fingerprint density at radius 3 is 2.71 bits per heavy atom. The molecule has 0 saturated carbocycles. The summed E-state index contributed by atoms with van der Waals surface area (Å²) in [5.74, 6) is 0.776. The van der Waals surface area contributed by atoms with Crippen LogP contribution in [-0.4, -0.2) is 44.3 Å². The molecule has 0 amide bonds. The molecule has 3 rings (SSSR count). The number of hydrogen-bond acceptors (Lipinski definition) is 9. The fourth-order valence-corrected chi connectivity index (χ4v) is 3.29. The van der Waals surface area contributed by atoms with E-state index >= 15 is 0 Å². The lowest BCUT2D eigenvalue weighted by atomic mass is 10.2. The first kappa shape index (κ1) is 20.1. The number of rotatable bonds is 7. The topological polar surface area (TPSA) is 130 Å². The van der Waals surface area contributed by atoms with Gasteiger partial charge in [0.05, 0.1) is 18.1 Å². The van der Waals surface area contributed by atoms with Crippen molar-refractivity contribution in [1.82, 2.24) is 14.9 Å². The van der Waals surface area contributed by atoms with Gasteiger partial charge in [-0.3, -0.25) is 4.79 Å². The Hall–Kier alpha value is -2.66. The van der Waals surface area contributed by atoms with E-state index in [4.69, 9.17) is 18.7 Å². The van der Waals surface area contributed by atoms with Gasteiger partial charge in [-0.2, -0.15) is 9.71 Å². The quantitative estimate of drug-likeness (QED) is 0.671. The first-order valence-electron chi connectivity index (χ1n) is 8.72. The number of sulfonamides is 1. The van der Waals surface area contributed by atoms with Crippen molar-refractivity contribution in [2.75, 3.05) is 19.8 Å². The molecule has 10 nitrogen and oxygen atoms in total. The Morgan fingerprint density at radius 1 is 1.25 bits per heavy atom. The number of hydrogen-bond donors (Lipinski definition) is 1. The zero-order valence-corrected chi connectivity index (χ0v) is 16.3. The smallest absolute Gasteiger partial charge is 0.321 e. The Morgan fingerprint density at radius 2 is 2.00 bits per heavy atom. The van der Waals surface area contributed by atoms with Gasteiger partial charge in [-0.1, -0.05) is 19.0 Å². The highest BCUT2D eigenvalue weighted by atomic mass is 32.2. The number of esters is 1. The molecule has 0 atom stereocenters. The van der Waals surface area contributed by atoms with Crippen LogP contribution < -0.4 is 14.2 Å². The lowest BCUT2D eigenvalue weighted by Crippen LogP contribution is -2.30. The second kappa shape index (κ2) is 8.57. The highest BCUT2D eigenvalue weighted by Crippen LogP contribution is 2.31. The SMILES string of the molecule is CC(C)c1noc(COC(=O)CNS(=O)(=O)c2ccc3c(c2)OCCCO3)n1. The van der Waals surface area contributed by atoms with E-state index in [0.717, 1.165) is 0 Å². The van der Waals surface area contributed by atoms with Crippen LogP contribution >= 0.6 is 0 Å². The van der Waals surface area contributed by atoms with E-state index in [1.807, 2.05) is 13.8 Å². The van der Waals surface area contributed by atoms with Crippen LogP contribution in [0.2, 0.25) is 0 Å². The molecule has 0 unspecified atom stereocenters. The largest absolute Gasteiger partial charge is 0.490 e. The average Bonchev–Trinajstić information content (AvgIpc) is 3.02. The van der Waals surface area contributed by atoms with Gasteiger partial charge in [-0.15, -0.1) is 0 Å². The van der Waals surface area contributed by atoms with Crippen LogP contribution in [-0.2, 0) is 26.2 Å². The minimum absolute atomic E-state index is 0.0389. The molecule has 0 saturated heterocycles. The number of nitrogens with one attached hydrogen (secondary N) is 1. The number of carbonyl (C=O) groups excluding carboxylic acids is 1. The van der Waals surface area contributed by atoms with Gasteiger partial charge in [0.15, 0.2) is 23.9 Å². The van der Waals surface area contributed by atoms with Crippen molar-refractivity contribution in [2.45, 2.75) is 37.7 Å². The molecular weight excluding hydrogens is 390 g/mol. The fourth-order valence-electron chi connectivity index (χ4n) is 2.30. The molecule has 0 radical (unpaired) electrons. The number of benzene rings is 1. The van der Waals surface area contributed by atoms with Crippen molar-refractivity contribution >= 4 is 16.0 Å². The van der Waals surface area contributed by atoms with Crippen molar-refractivity contribution in [3.8, 4) is 11.5 Å². The summed E-state index contributed by atoms with van der Waals surface area (Å²) in [6.07, 6.45) is 0.708. The summed E-state index contributed by atoms with van der Waals surface area (Å²) in [5.41, 5.74) is 0. The average molecular weight is 411 g/mol. The second-order valence-electron chi connectivity index (χ2n) is 6.35. The van der Waals surface area contributed by atoms with Crippen LogP contribution in [0.15, 0.2) is 27.6 Å². The Balaban J connectivity index is 1.55. The van der Waals surface area contributed by atoms with Gasteiger partial charge in [0.2, 0.25) is 10.0 Å². The van der Waals surface area contributed by atoms with Gasteiger partial charge < -0.3 is 18.7 Å². The molecule has 2 aromatic rings. The van der Waals surface area contributed by atoms with Crippen LogP contribution in [0.4, 0.5) is 0 Å². The van der Waals surface area contributed by atoms with Crippen LogP contribution in [0.25, 0.3) is 0 Å². The zero-order chi connectivity index (χ0) is 20.1. The predicted molar refractivity (Wildman–Crippen MR) is 95.4 cm³/mol. The number of ether oxygens (including phenoxy) is 3. The molecule has 2 heterocycles. The number of aromatic nitrogens is 2. The number of nitrogens with zero attached hydrogens (tertiary/aromatic N) is 2. The Labute approximate surface area is 162 Å². The lowest BCUT2D eigenvalue weighted by molar-refractivity contribution is -0.144. The number of carbonyl (C=O) groups is 1. The van der Waals surface area contributed by atoms with Gasteiger partial charge in [0, 0.05) is 18.4 Å². The van der Waals surface area contributed by atoms with Crippen LogP contribution in [0.5, 0.6) is 11.5 Å². The highest BCUT2D eigenvalue weighted by molar-refractivity contribution is 7.89. The third-order valence-electron chi connectivity index (χ3n) is 3.79. The maximum Gasteiger partial charge on any atom is 0.321 e. The molecule has 1 aromatic carbocycles. The summed E-state index contributed by atoms with van der Waals surface area (Å²) in [6.45, 7) is 3.96. The van der Waals surface area contributed by atoms with Crippen LogP contribution in [0.1, 0.15) is 37.9 Å². The summed E-state index contributed by atoms with van der Waals surface area (Å²) in [5, 5.41) is 3.75. The van der Waals surface area contributed by atoms with Crippen molar-refractivity contribution in [3.05, 3.63) is 29.9 Å². The normalized spacial score (nSPS) is 14.0. The third kappa shape index (κ3) is 4.98. The molecule has 11 heteroatoms. The van der Waals surface area contributed by atoms with E-state index in [9.17, 15) is 13.2 Å². The Bertz CT molecular complexity index is 940. The van der Waals surface area contributed by atoms with E-state index in [2.05, 4.69) is 14.9 Å². The Kier molecular flexibility index (Phi) is 6.15. The molecule has 0 spiro atoms. The van der Waals surface area contributed by atoms with E-state index in [-0.39, 0.29) is 23.3 Å².